The number of rotatable bonds is 3. The van der Waals surface area contributed by atoms with Crippen LogP contribution in [0.1, 0.15) is 37.7 Å². The second-order valence-electron chi connectivity index (χ2n) is 4.77. The highest BCUT2D eigenvalue weighted by molar-refractivity contribution is 6.08. The van der Waals surface area contributed by atoms with Gasteiger partial charge in [0, 0.05) is 11.3 Å². The molecule has 104 valence electrons. The highest BCUT2D eigenvalue weighted by Crippen LogP contribution is 2.20. The first kappa shape index (κ1) is 13.9. The molecule has 0 fully saturated rings. The summed E-state index contributed by atoms with van der Waals surface area (Å²) in [5.41, 5.74) is 3.23. The van der Waals surface area contributed by atoms with Crippen molar-refractivity contribution in [2.75, 3.05) is 5.32 Å². The van der Waals surface area contributed by atoms with Crippen molar-refractivity contribution in [2.24, 2.45) is 0 Å². The van der Waals surface area contributed by atoms with Gasteiger partial charge in [-0.2, -0.15) is 0 Å². The summed E-state index contributed by atoms with van der Waals surface area (Å²) in [5, 5.41) is 11.7. The monoisotopic (exact) mass is 272 g/mol. The van der Waals surface area contributed by atoms with E-state index in [4.69, 9.17) is 5.11 Å². The van der Waals surface area contributed by atoms with E-state index in [1.54, 1.807) is 13.0 Å². The zero-order valence-corrected chi connectivity index (χ0v) is 11.6. The van der Waals surface area contributed by atoms with Gasteiger partial charge in [0.1, 0.15) is 5.69 Å². The van der Waals surface area contributed by atoms with Gasteiger partial charge >= 0.3 is 5.97 Å². The van der Waals surface area contributed by atoms with Gasteiger partial charge in [0.05, 0.1) is 5.69 Å². The molecular formula is C15H16N2O3. The van der Waals surface area contributed by atoms with Crippen LogP contribution in [0.4, 0.5) is 5.69 Å². The molecular weight excluding hydrogens is 256 g/mol. The third-order valence-corrected chi connectivity index (χ3v) is 3.12. The van der Waals surface area contributed by atoms with Crippen molar-refractivity contribution in [1.82, 2.24) is 4.98 Å². The minimum Gasteiger partial charge on any atom is -0.477 e. The summed E-state index contributed by atoms with van der Waals surface area (Å²) in [7, 11) is 0. The number of benzene rings is 1. The van der Waals surface area contributed by atoms with E-state index in [1.165, 1.54) is 0 Å². The highest BCUT2D eigenvalue weighted by Gasteiger charge is 2.18. The van der Waals surface area contributed by atoms with Crippen LogP contribution in [0.3, 0.4) is 0 Å². The maximum atomic E-state index is 12.3. The minimum absolute atomic E-state index is 0.0120. The van der Waals surface area contributed by atoms with E-state index >= 15 is 0 Å². The molecule has 2 aromatic rings. The number of aromatic carboxylic acids is 1. The second-order valence-corrected chi connectivity index (χ2v) is 4.77. The summed E-state index contributed by atoms with van der Waals surface area (Å²) in [6.45, 7) is 5.44. The fourth-order valence-corrected chi connectivity index (χ4v) is 2.21. The average Bonchev–Trinajstić information content (AvgIpc) is 2.70. The van der Waals surface area contributed by atoms with Crippen molar-refractivity contribution in [3.63, 3.8) is 0 Å². The summed E-state index contributed by atoms with van der Waals surface area (Å²) in [5.74, 6) is -1.41. The molecule has 0 saturated heterocycles. The Labute approximate surface area is 116 Å². The molecule has 1 aromatic heterocycles. The van der Waals surface area contributed by atoms with E-state index in [0.29, 0.717) is 11.3 Å². The summed E-state index contributed by atoms with van der Waals surface area (Å²) in [6, 6.07) is 7.18. The molecule has 0 bridgehead atoms. The SMILES string of the molecule is Cc1cc(NC(=O)c2c(C)cccc2C)c(C(=O)O)[nH]1. The number of carboxylic acids is 1. The molecule has 3 N–H and O–H groups in total. The Kier molecular flexibility index (Phi) is 3.61. The van der Waals surface area contributed by atoms with E-state index in [9.17, 15) is 9.59 Å². The number of carbonyl (C=O) groups excluding carboxylic acids is 1. The Morgan fingerprint density at radius 2 is 1.75 bits per heavy atom. The van der Waals surface area contributed by atoms with Crippen molar-refractivity contribution in [2.45, 2.75) is 20.8 Å². The largest absolute Gasteiger partial charge is 0.477 e. The maximum Gasteiger partial charge on any atom is 0.354 e. The first-order valence-electron chi connectivity index (χ1n) is 6.20. The molecule has 5 heteroatoms. The molecule has 0 spiro atoms. The predicted octanol–water partition coefficient (Wildman–Crippen LogP) is 2.89. The molecule has 1 aromatic carbocycles. The van der Waals surface area contributed by atoms with Crippen molar-refractivity contribution in [3.05, 3.63) is 52.3 Å². The van der Waals surface area contributed by atoms with Crippen molar-refractivity contribution in [3.8, 4) is 0 Å². The van der Waals surface area contributed by atoms with Crippen LogP contribution < -0.4 is 5.32 Å². The fourth-order valence-electron chi connectivity index (χ4n) is 2.21. The van der Waals surface area contributed by atoms with E-state index in [-0.39, 0.29) is 17.3 Å². The van der Waals surface area contributed by atoms with Crippen LogP contribution in [0.25, 0.3) is 0 Å². The molecule has 1 heterocycles. The van der Waals surface area contributed by atoms with E-state index in [0.717, 1.165) is 11.1 Å². The number of aromatic amines is 1. The molecule has 20 heavy (non-hydrogen) atoms. The Bertz CT molecular complexity index is 666. The smallest absolute Gasteiger partial charge is 0.354 e. The third-order valence-electron chi connectivity index (χ3n) is 3.12. The topological polar surface area (TPSA) is 82.2 Å². The number of aromatic nitrogens is 1. The summed E-state index contributed by atoms with van der Waals surface area (Å²) in [4.78, 5) is 26.1. The van der Waals surface area contributed by atoms with E-state index < -0.39 is 5.97 Å². The number of H-pyrrole nitrogens is 1. The molecule has 5 nitrogen and oxygen atoms in total. The molecule has 2 rings (SSSR count). The van der Waals surface area contributed by atoms with Crippen LogP contribution in [-0.2, 0) is 0 Å². The van der Waals surface area contributed by atoms with Gasteiger partial charge in [-0.25, -0.2) is 4.79 Å². The van der Waals surface area contributed by atoms with E-state index in [1.807, 2.05) is 32.0 Å². The Hall–Kier alpha value is -2.56. The van der Waals surface area contributed by atoms with Gasteiger partial charge in [0.25, 0.3) is 5.91 Å². The highest BCUT2D eigenvalue weighted by atomic mass is 16.4. The third kappa shape index (κ3) is 2.56. The van der Waals surface area contributed by atoms with E-state index in [2.05, 4.69) is 10.3 Å². The van der Waals surface area contributed by atoms with Crippen LogP contribution in [0.2, 0.25) is 0 Å². The Morgan fingerprint density at radius 3 is 2.30 bits per heavy atom. The molecule has 0 saturated carbocycles. The van der Waals surface area contributed by atoms with Gasteiger partial charge in [-0.3, -0.25) is 4.79 Å². The van der Waals surface area contributed by atoms with Gasteiger partial charge < -0.3 is 15.4 Å². The molecule has 0 unspecified atom stereocenters. The van der Waals surface area contributed by atoms with Crippen molar-refractivity contribution >= 4 is 17.6 Å². The maximum absolute atomic E-state index is 12.3. The second kappa shape index (κ2) is 5.21. The van der Waals surface area contributed by atoms with Gasteiger partial charge in [0.15, 0.2) is 0 Å². The lowest BCUT2D eigenvalue weighted by molar-refractivity contribution is 0.0692. The number of carbonyl (C=O) groups is 2. The zero-order chi connectivity index (χ0) is 14.9. The number of hydrogen-bond donors (Lipinski definition) is 3. The lowest BCUT2D eigenvalue weighted by Crippen LogP contribution is -2.16. The van der Waals surface area contributed by atoms with Crippen LogP contribution in [0.15, 0.2) is 24.3 Å². The first-order chi connectivity index (χ1) is 9.40. The summed E-state index contributed by atoms with van der Waals surface area (Å²) >= 11 is 0. The van der Waals surface area contributed by atoms with Gasteiger partial charge in [-0.15, -0.1) is 0 Å². The predicted molar refractivity (Wildman–Crippen MR) is 76.4 cm³/mol. The molecule has 0 aliphatic heterocycles. The number of amides is 1. The minimum atomic E-state index is -1.10. The molecule has 0 aliphatic rings. The number of nitrogens with one attached hydrogen (secondary N) is 2. The average molecular weight is 272 g/mol. The van der Waals surface area contributed by atoms with Crippen molar-refractivity contribution < 1.29 is 14.7 Å². The number of anilines is 1. The quantitative estimate of drug-likeness (QED) is 0.803. The molecule has 0 radical (unpaired) electrons. The summed E-state index contributed by atoms with van der Waals surface area (Å²) < 4.78 is 0. The van der Waals surface area contributed by atoms with Crippen molar-refractivity contribution in [1.29, 1.82) is 0 Å². The van der Waals surface area contributed by atoms with Crippen LogP contribution in [0.5, 0.6) is 0 Å². The molecule has 0 atom stereocenters. The lowest BCUT2D eigenvalue weighted by atomic mass is 10.0. The van der Waals surface area contributed by atoms with Crippen LogP contribution >= 0.6 is 0 Å². The van der Waals surface area contributed by atoms with Gasteiger partial charge in [-0.05, 0) is 38.0 Å². The Balaban J connectivity index is 2.35. The summed E-state index contributed by atoms with van der Waals surface area (Å²) in [6.07, 6.45) is 0. The number of carboxylic acid groups (broad SMARTS) is 1. The standard InChI is InChI=1S/C15H16N2O3/c1-8-5-4-6-9(2)12(8)14(18)17-11-7-10(3)16-13(11)15(19)20/h4-7,16H,1-3H3,(H,17,18)(H,19,20). The van der Waals surface area contributed by atoms with Gasteiger partial charge in [0.2, 0.25) is 0 Å². The lowest BCUT2D eigenvalue weighted by Gasteiger charge is -2.10. The molecule has 0 aliphatic carbocycles. The fraction of sp³-hybridized carbons (Fsp3) is 0.200. The Morgan fingerprint density at radius 1 is 1.15 bits per heavy atom. The first-order valence-corrected chi connectivity index (χ1v) is 6.20. The number of hydrogen-bond acceptors (Lipinski definition) is 2. The number of aryl methyl sites for hydroxylation is 3. The van der Waals surface area contributed by atoms with Crippen LogP contribution in [0, 0.1) is 20.8 Å². The normalized spacial score (nSPS) is 10.3. The van der Waals surface area contributed by atoms with Crippen LogP contribution in [-0.4, -0.2) is 22.0 Å². The zero-order valence-electron chi connectivity index (χ0n) is 11.6. The van der Waals surface area contributed by atoms with Gasteiger partial charge in [-0.1, -0.05) is 18.2 Å². The molecule has 1 amide bonds.